The van der Waals surface area contributed by atoms with E-state index in [-0.39, 0.29) is 0 Å². The summed E-state index contributed by atoms with van der Waals surface area (Å²) in [4.78, 5) is 2.71. The molecule has 0 radical (unpaired) electrons. The SMILES string of the molecule is CNC1(CCN2CCC(C(C)C)C2)CCCCC1. The average Bonchev–Trinajstić information content (AvgIpc) is 2.87. The van der Waals surface area contributed by atoms with Gasteiger partial charge in [0.05, 0.1) is 0 Å². The summed E-state index contributed by atoms with van der Waals surface area (Å²) in [6.45, 7) is 8.75. The summed E-state index contributed by atoms with van der Waals surface area (Å²) in [6, 6.07) is 0. The van der Waals surface area contributed by atoms with Gasteiger partial charge >= 0.3 is 0 Å². The minimum atomic E-state index is 0.466. The summed E-state index contributed by atoms with van der Waals surface area (Å²) in [5.41, 5.74) is 0.466. The molecule has 106 valence electrons. The highest BCUT2D eigenvalue weighted by Crippen LogP contribution is 2.32. The first kappa shape index (κ1) is 14.3. The van der Waals surface area contributed by atoms with Gasteiger partial charge in [-0.05, 0) is 57.7 Å². The van der Waals surface area contributed by atoms with E-state index in [1.54, 1.807) is 0 Å². The topological polar surface area (TPSA) is 15.3 Å². The van der Waals surface area contributed by atoms with Gasteiger partial charge in [0.1, 0.15) is 0 Å². The summed E-state index contributed by atoms with van der Waals surface area (Å²) in [7, 11) is 2.17. The van der Waals surface area contributed by atoms with Crippen molar-refractivity contribution < 1.29 is 0 Å². The third-order valence-corrected chi connectivity index (χ3v) is 5.50. The first-order chi connectivity index (χ1) is 8.65. The van der Waals surface area contributed by atoms with Crippen molar-refractivity contribution in [3.05, 3.63) is 0 Å². The Morgan fingerprint density at radius 1 is 1.22 bits per heavy atom. The van der Waals surface area contributed by atoms with Gasteiger partial charge in [-0.1, -0.05) is 33.1 Å². The van der Waals surface area contributed by atoms with E-state index in [0.29, 0.717) is 5.54 Å². The van der Waals surface area contributed by atoms with Crippen LogP contribution in [0.3, 0.4) is 0 Å². The molecule has 1 N–H and O–H groups in total. The van der Waals surface area contributed by atoms with Crippen LogP contribution in [-0.4, -0.2) is 37.1 Å². The van der Waals surface area contributed by atoms with Crippen LogP contribution in [0.1, 0.15) is 58.8 Å². The fourth-order valence-electron chi connectivity index (χ4n) is 3.84. The second-order valence-corrected chi connectivity index (χ2v) is 6.93. The van der Waals surface area contributed by atoms with E-state index in [1.165, 1.54) is 64.6 Å². The predicted molar refractivity (Wildman–Crippen MR) is 78.9 cm³/mol. The molecule has 0 bridgehead atoms. The number of nitrogens with one attached hydrogen (secondary N) is 1. The first-order valence-corrected chi connectivity index (χ1v) is 8.06. The fraction of sp³-hybridized carbons (Fsp3) is 1.00. The lowest BCUT2D eigenvalue weighted by molar-refractivity contribution is 0.192. The Morgan fingerprint density at radius 2 is 1.94 bits per heavy atom. The second kappa shape index (κ2) is 6.38. The van der Waals surface area contributed by atoms with E-state index in [1.807, 2.05) is 0 Å². The largest absolute Gasteiger partial charge is 0.314 e. The Morgan fingerprint density at radius 3 is 2.50 bits per heavy atom. The summed E-state index contributed by atoms with van der Waals surface area (Å²) in [6.07, 6.45) is 9.86. The number of hydrogen-bond acceptors (Lipinski definition) is 2. The molecule has 0 aromatic rings. The van der Waals surface area contributed by atoms with Gasteiger partial charge in [-0.15, -0.1) is 0 Å². The molecule has 2 rings (SSSR count). The van der Waals surface area contributed by atoms with Crippen molar-refractivity contribution >= 4 is 0 Å². The van der Waals surface area contributed by atoms with Crippen LogP contribution in [0.25, 0.3) is 0 Å². The maximum absolute atomic E-state index is 3.65. The van der Waals surface area contributed by atoms with Crippen molar-refractivity contribution in [2.75, 3.05) is 26.7 Å². The van der Waals surface area contributed by atoms with Crippen LogP contribution < -0.4 is 5.32 Å². The molecule has 2 nitrogen and oxygen atoms in total. The molecule has 2 heteroatoms. The predicted octanol–water partition coefficient (Wildman–Crippen LogP) is 3.28. The Kier molecular flexibility index (Phi) is 5.08. The van der Waals surface area contributed by atoms with E-state index in [9.17, 15) is 0 Å². The molecule has 1 saturated carbocycles. The van der Waals surface area contributed by atoms with Crippen LogP contribution in [0.4, 0.5) is 0 Å². The van der Waals surface area contributed by atoms with E-state index >= 15 is 0 Å². The lowest BCUT2D eigenvalue weighted by atomic mass is 9.79. The summed E-state index contributed by atoms with van der Waals surface area (Å²) >= 11 is 0. The number of likely N-dealkylation sites (tertiary alicyclic amines) is 1. The van der Waals surface area contributed by atoms with Crippen molar-refractivity contribution in [3.8, 4) is 0 Å². The van der Waals surface area contributed by atoms with Gasteiger partial charge in [-0.25, -0.2) is 0 Å². The lowest BCUT2D eigenvalue weighted by Crippen LogP contribution is -2.46. The lowest BCUT2D eigenvalue weighted by Gasteiger charge is -2.38. The van der Waals surface area contributed by atoms with E-state index in [2.05, 4.69) is 31.1 Å². The second-order valence-electron chi connectivity index (χ2n) is 6.93. The summed E-state index contributed by atoms with van der Waals surface area (Å²) in [5, 5.41) is 3.65. The molecule has 1 atom stereocenters. The molecule has 0 aromatic heterocycles. The minimum Gasteiger partial charge on any atom is -0.314 e. The van der Waals surface area contributed by atoms with Crippen LogP contribution in [0.5, 0.6) is 0 Å². The molecule has 2 aliphatic rings. The molecule has 0 spiro atoms. The van der Waals surface area contributed by atoms with E-state index in [4.69, 9.17) is 0 Å². The zero-order valence-electron chi connectivity index (χ0n) is 12.7. The molecular weight excluding hydrogens is 220 g/mol. The molecule has 1 unspecified atom stereocenters. The molecule has 1 aliphatic heterocycles. The quantitative estimate of drug-likeness (QED) is 0.808. The van der Waals surface area contributed by atoms with Crippen molar-refractivity contribution in [2.45, 2.75) is 64.3 Å². The highest BCUT2D eigenvalue weighted by atomic mass is 15.1. The molecule has 1 aliphatic carbocycles. The highest BCUT2D eigenvalue weighted by Gasteiger charge is 2.32. The van der Waals surface area contributed by atoms with Crippen molar-refractivity contribution in [2.24, 2.45) is 11.8 Å². The van der Waals surface area contributed by atoms with Gasteiger partial charge in [0.15, 0.2) is 0 Å². The fourth-order valence-corrected chi connectivity index (χ4v) is 3.84. The molecule has 18 heavy (non-hydrogen) atoms. The average molecular weight is 252 g/mol. The van der Waals surface area contributed by atoms with Crippen molar-refractivity contribution in [3.63, 3.8) is 0 Å². The van der Waals surface area contributed by atoms with Crippen LogP contribution >= 0.6 is 0 Å². The van der Waals surface area contributed by atoms with Crippen LogP contribution in [0, 0.1) is 11.8 Å². The van der Waals surface area contributed by atoms with Gasteiger partial charge in [0.2, 0.25) is 0 Å². The molecule has 0 aromatic carbocycles. The van der Waals surface area contributed by atoms with Gasteiger partial charge in [-0.3, -0.25) is 0 Å². The minimum absolute atomic E-state index is 0.466. The summed E-state index contributed by atoms with van der Waals surface area (Å²) < 4.78 is 0. The maximum atomic E-state index is 3.65. The number of nitrogens with zero attached hydrogens (tertiary/aromatic N) is 1. The standard InChI is InChI=1S/C16H32N2/c1-14(2)15-7-11-18(13-15)12-10-16(17-3)8-5-4-6-9-16/h14-15,17H,4-13H2,1-3H3. The van der Waals surface area contributed by atoms with Gasteiger partial charge < -0.3 is 10.2 Å². The molecule has 0 amide bonds. The molecular formula is C16H32N2. The zero-order chi connectivity index (χ0) is 13.0. The number of rotatable bonds is 5. The van der Waals surface area contributed by atoms with Crippen molar-refractivity contribution in [1.29, 1.82) is 0 Å². The Bertz CT molecular complexity index is 243. The smallest absolute Gasteiger partial charge is 0.0190 e. The highest BCUT2D eigenvalue weighted by molar-refractivity contribution is 4.91. The van der Waals surface area contributed by atoms with Crippen LogP contribution in [0.15, 0.2) is 0 Å². The molecule has 1 heterocycles. The Hall–Kier alpha value is -0.0800. The van der Waals surface area contributed by atoms with Crippen LogP contribution in [-0.2, 0) is 0 Å². The van der Waals surface area contributed by atoms with Gasteiger partial charge in [-0.2, -0.15) is 0 Å². The maximum Gasteiger partial charge on any atom is 0.0190 e. The third-order valence-electron chi connectivity index (χ3n) is 5.50. The van der Waals surface area contributed by atoms with E-state index < -0.39 is 0 Å². The molecule has 2 fully saturated rings. The van der Waals surface area contributed by atoms with Crippen LogP contribution in [0.2, 0.25) is 0 Å². The summed E-state index contributed by atoms with van der Waals surface area (Å²) in [5.74, 6) is 1.81. The normalized spacial score (nSPS) is 29.0. The number of hydrogen-bond donors (Lipinski definition) is 1. The molecule has 1 saturated heterocycles. The first-order valence-electron chi connectivity index (χ1n) is 8.06. The zero-order valence-corrected chi connectivity index (χ0v) is 12.7. The Labute approximate surface area is 114 Å². The van der Waals surface area contributed by atoms with Gasteiger partial charge in [0, 0.05) is 12.1 Å². The third kappa shape index (κ3) is 3.48. The Balaban J connectivity index is 1.77. The van der Waals surface area contributed by atoms with Crippen molar-refractivity contribution in [1.82, 2.24) is 10.2 Å². The monoisotopic (exact) mass is 252 g/mol. The van der Waals surface area contributed by atoms with Gasteiger partial charge in [0.25, 0.3) is 0 Å². The van der Waals surface area contributed by atoms with E-state index in [0.717, 1.165) is 11.8 Å².